The maximum absolute atomic E-state index is 6.45. The Morgan fingerprint density at radius 1 is 0.786 bits per heavy atom. The first kappa shape index (κ1) is 19.7. The molecule has 0 atom stereocenters. The number of nitrogens with zero attached hydrogens (tertiary/aromatic N) is 1. The summed E-state index contributed by atoms with van der Waals surface area (Å²) in [6.07, 6.45) is 4.43. The van der Waals surface area contributed by atoms with Gasteiger partial charge < -0.3 is 9.05 Å². The summed E-state index contributed by atoms with van der Waals surface area (Å²) in [4.78, 5) is 0. The third-order valence-electron chi connectivity index (χ3n) is 6.36. The van der Waals surface area contributed by atoms with Crippen LogP contribution in [0, 0.1) is 0 Å². The van der Waals surface area contributed by atoms with Gasteiger partial charge >= 0.3 is 8.53 Å². The fraction of sp³-hybridized carbons (Fsp3) is 0.500. The van der Waals surface area contributed by atoms with E-state index < -0.39 is 8.53 Å². The predicted molar refractivity (Wildman–Crippen MR) is 117 cm³/mol. The molecular weight excluding hydrogens is 365 g/mol. The van der Waals surface area contributed by atoms with Crippen molar-refractivity contribution in [3.05, 3.63) is 58.7 Å². The molecule has 1 heterocycles. The largest absolute Gasteiger partial charge is 0.427 e. The lowest BCUT2D eigenvalue weighted by molar-refractivity contribution is 0.374. The van der Waals surface area contributed by atoms with Gasteiger partial charge in [-0.1, -0.05) is 58.4 Å². The van der Waals surface area contributed by atoms with Crippen LogP contribution in [-0.2, 0) is 17.3 Å². The molecule has 3 nitrogen and oxygen atoms in total. The van der Waals surface area contributed by atoms with E-state index in [2.05, 4.69) is 68.8 Å². The van der Waals surface area contributed by atoms with Crippen molar-refractivity contribution < 1.29 is 9.05 Å². The Kier molecular flexibility index (Phi) is 4.96. The van der Waals surface area contributed by atoms with Gasteiger partial charge in [0.15, 0.2) is 0 Å². The molecule has 2 aromatic carbocycles. The first-order valence-corrected chi connectivity index (χ1v) is 11.4. The molecule has 0 amide bonds. The van der Waals surface area contributed by atoms with Gasteiger partial charge in [0.05, 0.1) is 0 Å². The van der Waals surface area contributed by atoms with Gasteiger partial charge in [0.1, 0.15) is 11.5 Å². The average Bonchev–Trinajstić information content (AvgIpc) is 2.59. The zero-order valence-corrected chi connectivity index (χ0v) is 18.9. The molecule has 0 N–H and O–H groups in total. The summed E-state index contributed by atoms with van der Waals surface area (Å²) in [6, 6.07) is 13.1. The molecule has 28 heavy (non-hydrogen) atoms. The van der Waals surface area contributed by atoms with Gasteiger partial charge in [-0.3, -0.25) is 0 Å². The molecule has 4 heteroatoms. The Hall–Kier alpha value is -1.57. The molecule has 0 radical (unpaired) electrons. The summed E-state index contributed by atoms with van der Waals surface area (Å²) in [5, 5.41) is 0. The van der Waals surface area contributed by atoms with E-state index in [9.17, 15) is 0 Å². The molecule has 1 aliphatic carbocycles. The Morgan fingerprint density at radius 3 is 1.68 bits per heavy atom. The van der Waals surface area contributed by atoms with Crippen molar-refractivity contribution in [2.24, 2.45) is 0 Å². The molecule has 0 spiro atoms. The molecule has 0 saturated carbocycles. The van der Waals surface area contributed by atoms with Crippen LogP contribution >= 0.6 is 8.53 Å². The van der Waals surface area contributed by atoms with Crippen molar-refractivity contribution in [1.82, 2.24) is 4.67 Å². The lowest BCUT2D eigenvalue weighted by Gasteiger charge is -2.37. The second kappa shape index (κ2) is 7.04. The second-order valence-corrected chi connectivity index (χ2v) is 11.3. The predicted octanol–water partition coefficient (Wildman–Crippen LogP) is 6.58. The molecule has 2 bridgehead atoms. The molecule has 4 rings (SSSR count). The summed E-state index contributed by atoms with van der Waals surface area (Å²) in [6.45, 7) is 9.53. The van der Waals surface area contributed by atoms with E-state index in [-0.39, 0.29) is 10.8 Å². The van der Waals surface area contributed by atoms with Crippen LogP contribution in [0.25, 0.3) is 0 Å². The van der Waals surface area contributed by atoms with Crippen LogP contribution in [0.15, 0.2) is 36.4 Å². The van der Waals surface area contributed by atoms with Crippen molar-refractivity contribution in [2.45, 2.75) is 64.2 Å². The van der Waals surface area contributed by atoms with Gasteiger partial charge in [0.25, 0.3) is 0 Å². The first-order valence-electron chi connectivity index (χ1n) is 10.3. The topological polar surface area (TPSA) is 21.7 Å². The molecule has 0 aromatic heterocycles. The Bertz CT molecular complexity index is 821. The van der Waals surface area contributed by atoms with Crippen LogP contribution in [0.3, 0.4) is 0 Å². The van der Waals surface area contributed by atoms with E-state index in [0.29, 0.717) is 0 Å². The average molecular weight is 397 g/mol. The quantitative estimate of drug-likeness (QED) is 0.508. The Labute approximate surface area is 171 Å². The minimum atomic E-state index is -1.20. The minimum Gasteiger partial charge on any atom is -0.427 e. The van der Waals surface area contributed by atoms with E-state index >= 15 is 0 Å². The van der Waals surface area contributed by atoms with Gasteiger partial charge in [0, 0.05) is 17.5 Å². The van der Waals surface area contributed by atoms with Gasteiger partial charge in [-0.2, -0.15) is 0 Å². The monoisotopic (exact) mass is 397 g/mol. The summed E-state index contributed by atoms with van der Waals surface area (Å²) in [5.74, 6) is 1.95. The molecule has 0 unspecified atom stereocenters. The van der Waals surface area contributed by atoms with Gasteiger partial charge in [0.2, 0.25) is 0 Å². The molecule has 150 valence electrons. The molecular formula is C24H32NO2P. The highest BCUT2D eigenvalue weighted by molar-refractivity contribution is 7.45. The minimum absolute atomic E-state index is 0.123. The van der Waals surface area contributed by atoms with E-state index in [1.165, 1.54) is 41.5 Å². The summed E-state index contributed by atoms with van der Waals surface area (Å²) in [7, 11) is 2.85. The zero-order valence-electron chi connectivity index (χ0n) is 18.0. The zero-order chi connectivity index (χ0) is 20.1. The highest BCUT2D eigenvalue weighted by Crippen LogP contribution is 2.51. The van der Waals surface area contributed by atoms with Crippen molar-refractivity contribution in [1.29, 1.82) is 0 Å². The maximum atomic E-state index is 6.45. The summed E-state index contributed by atoms with van der Waals surface area (Å²) in [5.41, 5.74) is 5.74. The van der Waals surface area contributed by atoms with Crippen LogP contribution in [-0.4, -0.2) is 18.8 Å². The summed E-state index contributed by atoms with van der Waals surface area (Å²) >= 11 is 0. The van der Waals surface area contributed by atoms with Gasteiger partial charge in [-0.15, -0.1) is 0 Å². The maximum Gasteiger partial charge on any atom is 0.384 e. The van der Waals surface area contributed by atoms with Crippen molar-refractivity contribution >= 4 is 8.53 Å². The third kappa shape index (κ3) is 3.44. The summed E-state index contributed by atoms with van der Waals surface area (Å²) < 4.78 is 14.9. The van der Waals surface area contributed by atoms with Gasteiger partial charge in [-0.25, -0.2) is 4.67 Å². The van der Waals surface area contributed by atoms with Crippen molar-refractivity contribution in [3.63, 3.8) is 0 Å². The first-order chi connectivity index (χ1) is 13.2. The Morgan fingerprint density at radius 2 is 1.25 bits per heavy atom. The lowest BCUT2D eigenvalue weighted by atomic mass is 9.70. The smallest absolute Gasteiger partial charge is 0.384 e. The standard InChI is InChI=1S/C24H32NO2P/c1-23(2)14-9-15-24(3,4)20-11-8-13-22-18(20)16-17-19(23)10-7-12-21(17)26-28(27-22)25(5)6/h7-8,10-13H,9,14-16H2,1-6H3. The SMILES string of the molecule is CN(C)P1Oc2cccc3c2Cc2c(cccc2C(C)(C)CCCC3(C)C)O1. The number of benzene rings is 2. The molecule has 1 aliphatic heterocycles. The lowest BCUT2D eigenvalue weighted by Crippen LogP contribution is -2.27. The van der Waals surface area contributed by atoms with E-state index in [1.54, 1.807) is 0 Å². The van der Waals surface area contributed by atoms with Gasteiger partial charge in [-0.05, 0) is 61.0 Å². The number of hydrogen-bond donors (Lipinski definition) is 0. The molecule has 2 aromatic rings. The third-order valence-corrected chi connectivity index (χ3v) is 7.72. The van der Waals surface area contributed by atoms with E-state index in [1.807, 2.05) is 14.1 Å². The highest BCUT2D eigenvalue weighted by atomic mass is 31.2. The fourth-order valence-corrected chi connectivity index (χ4v) is 5.75. The van der Waals surface area contributed by atoms with Crippen molar-refractivity contribution in [2.75, 3.05) is 14.1 Å². The Balaban J connectivity index is 2.01. The molecule has 0 saturated heterocycles. The normalized spacial score (nSPS) is 20.5. The van der Waals surface area contributed by atoms with E-state index in [0.717, 1.165) is 17.9 Å². The highest BCUT2D eigenvalue weighted by Gasteiger charge is 2.35. The fourth-order valence-electron chi connectivity index (χ4n) is 4.70. The second-order valence-electron chi connectivity index (χ2n) is 9.63. The molecule has 2 aliphatic rings. The van der Waals surface area contributed by atoms with Crippen LogP contribution in [0.1, 0.15) is 69.2 Å². The number of hydrogen-bond acceptors (Lipinski definition) is 3. The van der Waals surface area contributed by atoms with Crippen LogP contribution < -0.4 is 9.05 Å². The van der Waals surface area contributed by atoms with Crippen molar-refractivity contribution in [3.8, 4) is 11.5 Å². The van der Waals surface area contributed by atoms with Crippen LogP contribution in [0.5, 0.6) is 11.5 Å². The van der Waals surface area contributed by atoms with E-state index in [4.69, 9.17) is 9.05 Å². The van der Waals surface area contributed by atoms with Crippen LogP contribution in [0.4, 0.5) is 0 Å². The molecule has 0 fully saturated rings. The van der Waals surface area contributed by atoms with Crippen LogP contribution in [0.2, 0.25) is 0 Å². The number of rotatable bonds is 1.